The van der Waals surface area contributed by atoms with Crippen LogP contribution in [-0.4, -0.2) is 211 Å². The molecular formula is C117H158Cl4N4O25. The van der Waals surface area contributed by atoms with Gasteiger partial charge < -0.3 is 58.3 Å². The van der Waals surface area contributed by atoms with E-state index < -0.39 is 171 Å². The molecule has 12 fully saturated rings. The van der Waals surface area contributed by atoms with E-state index in [0.717, 1.165) is 46.5 Å². The molecule has 2 aromatic heterocycles. The summed E-state index contributed by atoms with van der Waals surface area (Å²) in [6.45, 7) is 39.8. The number of aliphatic hydroxyl groups is 4. The van der Waals surface area contributed by atoms with Crippen LogP contribution >= 0.6 is 46.4 Å². The third-order valence-electron chi connectivity index (χ3n) is 40.8. The molecule has 0 spiro atoms. The zero-order valence-electron chi connectivity index (χ0n) is 91.4. The highest BCUT2D eigenvalue weighted by atomic mass is 35.5. The highest BCUT2D eigenvalue weighted by Crippen LogP contribution is 2.77. The first kappa shape index (κ1) is 116. The number of carbonyl (C=O) groups is 13. The van der Waals surface area contributed by atoms with Gasteiger partial charge in [0, 0.05) is 161 Å². The number of carbonyl (C=O) groups excluding carboxylic acids is 13. The Morgan fingerprint density at radius 3 is 1.01 bits per heavy atom. The van der Waals surface area contributed by atoms with Crippen LogP contribution in [0.2, 0.25) is 0 Å². The van der Waals surface area contributed by atoms with E-state index in [1.54, 1.807) is 67.5 Å². The molecule has 36 atom stereocenters. The van der Waals surface area contributed by atoms with Crippen LogP contribution in [0.4, 0.5) is 0 Å². The number of hydrogen-bond donors (Lipinski definition) is 4. The Morgan fingerprint density at radius 2 is 0.680 bits per heavy atom. The standard InChI is InChI=1S/2C30H41ClN2O6.C29H39ClO6.C28H37ClO7/c1-7-24(36)38-15-23(35)30(39-25(37)8-2)16(3)9-19-26-20(31)10-18-11-21-17(14-33(6)32-21)12-28(18,4)27(26)22(34)13-29(19,30)5;1-7-24(36)38-15-23(35)30(39-25(37)8-2)16(3)9-19-26-20(31)10-18-11-21-17(14-32-33(21)6)12-28(18,4)27(26)22(34)13-29(19,30)5;1-7-23(33)35-15-22(32)29(36-24(34)8-2)17(4)12-19-25-20(30)13-18-11-16(3)9-10-27(18,5)26(25)21(31)14-28(19,29)6;1-6-22(33)35-14-21(32)28(36-23(34)7-2)15(3)10-18-24-19(29)12-16-11-17(30)8-9-26(16,4)25(24)20(31)13-27(18,28)5/h2*11,14,16,19-20,22,26-27,34H,7-10,12-13,15H2,1-6H3;9-11,17,19-21,25-26,31H,3,7-8,12-15H2,1-2,4-6H3;8-9,11,15,18-20,24-25,31H,6-7,10,12-14H2,1-5H3/t2*16-,19+,20-,22+,26-,27+,28+,29+,30+;17-,19+,20-,21+,25-,26+,27+,28+,29+;15-,18+,19-,20+,24-,25+,26+,27+,28+/m1111/s1. The number of aliphatic hydroxyl groups excluding tert-OH is 4. The van der Waals surface area contributed by atoms with Crippen molar-refractivity contribution in [3.63, 3.8) is 0 Å². The van der Waals surface area contributed by atoms with Crippen molar-refractivity contribution >= 4 is 135 Å². The molecule has 2 heterocycles. The average Bonchev–Trinajstić information content (AvgIpc) is 1.50. The third kappa shape index (κ3) is 18.4. The van der Waals surface area contributed by atoms with Crippen LogP contribution < -0.4 is 0 Å². The summed E-state index contributed by atoms with van der Waals surface area (Å²) in [5.74, 6) is -8.38. The SMILES string of the molecule is C=C1C=C[C@@]2(C)C(=C1)C[C@@H](Cl)[C@@H]1[C@@H]2[C@@H](O)C[C@@]2(C)[C@H]1C[C@@H](C)[C@]2(OC(=O)CC)C(=O)COC(=O)CC.CCC(=O)OCC(=O)[C@@]1(OC(=O)CC)[C@H](C)C[C@H]2[C@H]3[C@H]([C@@H](O)C[C@@]21C)[C@@]1(C)C=CC(=O)C=C1C[C@H]3Cl.CCC(=O)OCC(=O)[C@@]1(OC(=O)CC)[C@H](C)C[C@H]2[C@H]3[C@H]([C@@H](O)C[C@@]21C)[C@@]1(C)Cc2cn(C)nc2C=C1C[C@H]3Cl.CCC(=O)OCC(=O)[C@@]1(OC(=O)CC)[C@H](C)C[C@H]2[C@H]3[C@H]([C@@H](O)C[C@@]21C)[C@@]1(C)Cc2cnn(C)c2C=C1C[C@H]3Cl. The maximum atomic E-state index is 14.0. The second-order valence-electron chi connectivity index (χ2n) is 48.5. The fraction of sp³-hybridized carbons (Fsp3) is 0.718. The van der Waals surface area contributed by atoms with Crippen molar-refractivity contribution in [1.29, 1.82) is 0 Å². The van der Waals surface area contributed by atoms with Crippen LogP contribution in [0.3, 0.4) is 0 Å². The summed E-state index contributed by atoms with van der Waals surface area (Å²) >= 11 is 28.6. The van der Waals surface area contributed by atoms with E-state index >= 15 is 0 Å². The van der Waals surface area contributed by atoms with Gasteiger partial charge in [0.25, 0.3) is 0 Å². The van der Waals surface area contributed by atoms with Crippen LogP contribution in [0.15, 0.2) is 83.3 Å². The molecule has 12 saturated carbocycles. The summed E-state index contributed by atoms with van der Waals surface area (Å²) in [6.07, 6.45) is 25.2. The molecule has 16 aliphatic rings. The summed E-state index contributed by atoms with van der Waals surface area (Å²) in [4.78, 5) is 167. The van der Waals surface area contributed by atoms with Gasteiger partial charge in [-0.15, -0.1) is 46.4 Å². The quantitative estimate of drug-likeness (QED) is 0.0431. The lowest BCUT2D eigenvalue weighted by atomic mass is 9.45. The van der Waals surface area contributed by atoms with Gasteiger partial charge in [0.2, 0.25) is 23.1 Å². The number of nitrogens with zero attached hydrogens (tertiary/aromatic N) is 4. The first-order chi connectivity index (χ1) is 70.4. The van der Waals surface area contributed by atoms with Crippen molar-refractivity contribution < 1.29 is 121 Å². The lowest BCUT2D eigenvalue weighted by Gasteiger charge is -2.61. The first-order valence-corrected chi connectivity index (χ1v) is 56.5. The molecule has 0 radical (unpaired) electrons. The molecule has 0 aromatic carbocycles. The topological polar surface area (TPSA) is 412 Å². The van der Waals surface area contributed by atoms with Gasteiger partial charge >= 0.3 is 47.8 Å². The molecule has 0 amide bonds. The summed E-state index contributed by atoms with van der Waals surface area (Å²) in [6, 6.07) is 0. The number of aryl methyl sites for hydroxylation is 2. The molecule has 0 aliphatic heterocycles. The predicted molar refractivity (Wildman–Crippen MR) is 561 cm³/mol. The Labute approximate surface area is 902 Å². The van der Waals surface area contributed by atoms with Crippen molar-refractivity contribution in [1.82, 2.24) is 19.6 Å². The minimum absolute atomic E-state index is 0.0595. The molecule has 33 heteroatoms. The normalized spacial score (nSPS) is 41.7. The third-order valence-corrected chi connectivity index (χ3v) is 42.6. The molecule has 4 N–H and O–H groups in total. The van der Waals surface area contributed by atoms with Gasteiger partial charge in [0.05, 0.1) is 42.0 Å². The number of allylic oxidation sites excluding steroid dienone is 11. The Bertz CT molecular complexity index is 5750. The summed E-state index contributed by atoms with van der Waals surface area (Å²) in [7, 11) is 3.86. The van der Waals surface area contributed by atoms with Gasteiger partial charge in [0.15, 0.2) is 54.6 Å². The average molecular weight is 2160 g/mol. The largest absolute Gasteiger partial charge is 0.457 e. The number of esters is 8. The van der Waals surface area contributed by atoms with E-state index in [4.69, 9.17) is 84.3 Å². The summed E-state index contributed by atoms with van der Waals surface area (Å²) < 4.78 is 49.2. The van der Waals surface area contributed by atoms with Crippen molar-refractivity contribution in [2.75, 3.05) is 26.4 Å². The molecule has 824 valence electrons. The number of alkyl halides is 4. The van der Waals surface area contributed by atoms with Crippen molar-refractivity contribution in [3.05, 3.63) is 106 Å². The van der Waals surface area contributed by atoms with Gasteiger partial charge in [0.1, 0.15) is 0 Å². The molecule has 18 rings (SSSR count). The smallest absolute Gasteiger partial charge is 0.306 e. The number of fused-ring (bicyclic) bond motifs is 22. The summed E-state index contributed by atoms with van der Waals surface area (Å²) in [5, 5.41) is 55.5. The second kappa shape index (κ2) is 42.7. The number of rotatable bonds is 24. The Balaban J connectivity index is 0.000000150. The zero-order chi connectivity index (χ0) is 110. The molecular weight excluding hydrogens is 2000 g/mol. The second-order valence-corrected chi connectivity index (χ2v) is 50.7. The van der Waals surface area contributed by atoms with Crippen LogP contribution in [0, 0.1) is 138 Å². The minimum Gasteiger partial charge on any atom is -0.457 e. The first-order valence-electron chi connectivity index (χ1n) is 54.8. The van der Waals surface area contributed by atoms with E-state index in [-0.39, 0.29) is 202 Å². The number of Topliss-reactive ketones (excluding diaryl/α,β-unsaturated/α-hetero) is 4. The number of ether oxygens (including phenoxy) is 8. The number of ketones is 5. The van der Waals surface area contributed by atoms with E-state index in [0.29, 0.717) is 64.2 Å². The molecule has 0 saturated heterocycles. The highest BCUT2D eigenvalue weighted by Gasteiger charge is 2.80. The maximum absolute atomic E-state index is 14.0. The Morgan fingerprint density at radius 1 is 0.393 bits per heavy atom. The van der Waals surface area contributed by atoms with E-state index in [2.05, 4.69) is 68.0 Å². The molecule has 29 nitrogen and oxygen atoms in total. The predicted octanol–water partition coefficient (Wildman–Crippen LogP) is 17.4. The van der Waals surface area contributed by atoms with Crippen molar-refractivity contribution in [2.24, 2.45) is 152 Å². The van der Waals surface area contributed by atoms with Gasteiger partial charge in [-0.05, 0) is 201 Å². The van der Waals surface area contributed by atoms with Gasteiger partial charge in [-0.1, -0.05) is 192 Å². The fourth-order valence-corrected chi connectivity index (χ4v) is 36.2. The molecule has 16 aliphatic carbocycles. The Hall–Kier alpha value is -8.29. The minimum atomic E-state index is -1.54. The molecule has 0 bridgehead atoms. The highest BCUT2D eigenvalue weighted by molar-refractivity contribution is 6.22. The monoisotopic (exact) mass is 2160 g/mol. The van der Waals surface area contributed by atoms with Gasteiger partial charge in [-0.3, -0.25) is 71.7 Å². The van der Waals surface area contributed by atoms with E-state index in [1.807, 2.05) is 104 Å². The van der Waals surface area contributed by atoms with E-state index in [1.165, 1.54) is 16.7 Å². The van der Waals surface area contributed by atoms with Gasteiger partial charge in [-0.25, -0.2) is 0 Å². The fourth-order valence-electron chi connectivity index (χ4n) is 34.2. The molecule has 150 heavy (non-hydrogen) atoms. The lowest BCUT2D eigenvalue weighted by Crippen LogP contribution is -2.66. The van der Waals surface area contributed by atoms with Gasteiger partial charge in [-0.2, -0.15) is 10.2 Å². The molecule has 2 aromatic rings. The van der Waals surface area contributed by atoms with Crippen LogP contribution in [0.1, 0.15) is 289 Å². The number of hydrogen-bond acceptors (Lipinski definition) is 27. The number of aromatic nitrogens is 4. The van der Waals surface area contributed by atoms with E-state index in [9.17, 15) is 82.8 Å². The maximum Gasteiger partial charge on any atom is 0.306 e. The summed E-state index contributed by atoms with van der Waals surface area (Å²) in [5.41, 5.74) is -1.22. The number of halogens is 4. The molecule has 0 unspecified atom stereocenters. The van der Waals surface area contributed by atoms with Crippen LogP contribution in [-0.2, 0) is 127 Å². The van der Waals surface area contributed by atoms with Crippen LogP contribution in [0.25, 0.3) is 12.2 Å². The van der Waals surface area contributed by atoms with Crippen molar-refractivity contribution in [3.8, 4) is 0 Å². The Kier molecular flexibility index (Phi) is 32.9. The van der Waals surface area contributed by atoms with Crippen LogP contribution in [0.5, 0.6) is 0 Å². The lowest BCUT2D eigenvalue weighted by molar-refractivity contribution is -0.207. The zero-order valence-corrected chi connectivity index (χ0v) is 94.4. The van der Waals surface area contributed by atoms with Crippen molar-refractivity contribution in [2.45, 2.75) is 348 Å².